The van der Waals surface area contributed by atoms with Crippen LogP contribution in [0.25, 0.3) is 22.5 Å². The molecule has 0 radical (unpaired) electrons. The van der Waals surface area contributed by atoms with Crippen molar-refractivity contribution in [1.82, 2.24) is 24.5 Å². The predicted molar refractivity (Wildman–Crippen MR) is 116 cm³/mol. The highest BCUT2D eigenvalue weighted by molar-refractivity contribution is 6.33. The molecule has 2 N–H and O–H groups in total. The molecule has 31 heavy (non-hydrogen) atoms. The van der Waals surface area contributed by atoms with Crippen molar-refractivity contribution in [1.29, 1.82) is 0 Å². The number of nitrogens with two attached hydrogens (primary N) is 1. The molecule has 3 aromatic heterocycles. The van der Waals surface area contributed by atoms with E-state index in [2.05, 4.69) is 15.2 Å². The molecule has 1 atom stereocenters. The van der Waals surface area contributed by atoms with Gasteiger partial charge >= 0.3 is 0 Å². The molecule has 158 valence electrons. The van der Waals surface area contributed by atoms with E-state index in [9.17, 15) is 4.39 Å². The number of nitrogens with zero attached hydrogens (tertiary/aromatic N) is 5. The molecule has 7 nitrogen and oxygen atoms in total. The van der Waals surface area contributed by atoms with Gasteiger partial charge in [-0.05, 0) is 38.1 Å². The summed E-state index contributed by atoms with van der Waals surface area (Å²) in [6, 6.07) is 6.41. The molecule has 5 rings (SSSR count). The van der Waals surface area contributed by atoms with Crippen LogP contribution in [0, 0.1) is 5.82 Å². The third-order valence-electron chi connectivity index (χ3n) is 5.50. The summed E-state index contributed by atoms with van der Waals surface area (Å²) in [6.45, 7) is 4.98. The Kier molecular flexibility index (Phi) is 4.66. The summed E-state index contributed by atoms with van der Waals surface area (Å²) in [5.74, 6) is 0.322. The molecule has 9 heteroatoms. The summed E-state index contributed by atoms with van der Waals surface area (Å²) in [6.07, 6.45) is 4.60. The molecular formula is C22H20ClFN6O. The molecule has 0 amide bonds. The van der Waals surface area contributed by atoms with Gasteiger partial charge in [0, 0.05) is 35.0 Å². The summed E-state index contributed by atoms with van der Waals surface area (Å²) in [5.41, 5.74) is 10.9. The van der Waals surface area contributed by atoms with E-state index < -0.39 is 6.10 Å². The van der Waals surface area contributed by atoms with Gasteiger partial charge < -0.3 is 10.5 Å². The lowest BCUT2D eigenvalue weighted by molar-refractivity contribution is 0.227. The van der Waals surface area contributed by atoms with Crippen molar-refractivity contribution in [2.45, 2.75) is 33.0 Å². The Bertz CT molecular complexity index is 1300. The fourth-order valence-corrected chi connectivity index (χ4v) is 4.29. The predicted octanol–water partition coefficient (Wildman–Crippen LogP) is 4.70. The number of rotatable bonds is 1. The Morgan fingerprint density at radius 1 is 1.19 bits per heavy atom. The van der Waals surface area contributed by atoms with Gasteiger partial charge in [0.2, 0.25) is 0 Å². The third kappa shape index (κ3) is 3.23. The van der Waals surface area contributed by atoms with E-state index in [1.54, 1.807) is 23.1 Å². The number of hydrogen-bond donors (Lipinski definition) is 1. The number of aromatic nitrogens is 5. The Hall–Kier alpha value is -3.39. The van der Waals surface area contributed by atoms with Gasteiger partial charge in [0.05, 0.1) is 35.3 Å². The number of anilines is 1. The van der Waals surface area contributed by atoms with Crippen molar-refractivity contribution in [2.24, 2.45) is 0 Å². The van der Waals surface area contributed by atoms with Crippen LogP contribution in [0.3, 0.4) is 0 Å². The third-order valence-corrected chi connectivity index (χ3v) is 5.77. The number of halogens is 2. The number of aryl methyl sites for hydroxylation is 1. The first-order valence-corrected chi connectivity index (χ1v) is 10.3. The van der Waals surface area contributed by atoms with Gasteiger partial charge in [0.25, 0.3) is 0 Å². The van der Waals surface area contributed by atoms with Gasteiger partial charge in [-0.2, -0.15) is 10.2 Å². The zero-order valence-electron chi connectivity index (χ0n) is 17.0. The van der Waals surface area contributed by atoms with E-state index in [1.165, 1.54) is 12.1 Å². The first kappa shape index (κ1) is 19.6. The Labute approximate surface area is 183 Å². The number of fused-ring (bicyclic) bond motifs is 7. The van der Waals surface area contributed by atoms with Crippen LogP contribution >= 0.6 is 11.6 Å². The normalized spacial score (nSPS) is 15.2. The van der Waals surface area contributed by atoms with Crippen LogP contribution in [0.1, 0.15) is 31.1 Å². The van der Waals surface area contributed by atoms with E-state index in [-0.39, 0.29) is 11.6 Å². The van der Waals surface area contributed by atoms with Crippen molar-refractivity contribution >= 4 is 17.4 Å². The monoisotopic (exact) mass is 438 g/mol. The molecule has 2 bridgehead atoms. The van der Waals surface area contributed by atoms with Crippen molar-refractivity contribution in [3.8, 4) is 28.3 Å². The van der Waals surface area contributed by atoms with Crippen LogP contribution in [-0.4, -0.2) is 24.5 Å². The first-order chi connectivity index (χ1) is 15.0. The maximum absolute atomic E-state index is 14.2. The molecule has 0 fully saturated rings. The number of ether oxygens (including phenoxy) is 1. The first-order valence-electron chi connectivity index (χ1n) is 9.94. The fraction of sp³-hybridized carbons (Fsp3) is 0.227. The maximum atomic E-state index is 14.2. The summed E-state index contributed by atoms with van der Waals surface area (Å²) < 4.78 is 24.1. The topological polar surface area (TPSA) is 83.8 Å². The van der Waals surface area contributed by atoms with Crippen LogP contribution in [0.4, 0.5) is 10.2 Å². The molecule has 1 aromatic carbocycles. The van der Waals surface area contributed by atoms with E-state index in [0.29, 0.717) is 35.1 Å². The molecule has 4 heterocycles. The fourth-order valence-electron chi connectivity index (χ4n) is 4.04. The minimum absolute atomic E-state index is 0.262. The van der Waals surface area contributed by atoms with Crippen LogP contribution in [0.2, 0.25) is 5.02 Å². The molecular weight excluding hydrogens is 419 g/mol. The highest BCUT2D eigenvalue weighted by Gasteiger charge is 2.24. The standard InChI is InChI=1S/C22H20ClFN6O/c1-3-29-20-13-6-19(22(25)26-8-13)31-12(2)17-7-15(24)4-5-16(17)21-18(23)10-28-30(21)11-14(20)9-27-29/h4-10,12H,3,11H2,1-2H3,(H2,25,26)/t12-/m1/s1. The summed E-state index contributed by atoms with van der Waals surface area (Å²) in [4.78, 5) is 4.33. The number of hydrogen-bond acceptors (Lipinski definition) is 5. The van der Waals surface area contributed by atoms with Crippen LogP contribution < -0.4 is 10.5 Å². The number of nitrogen functional groups attached to an aromatic ring is 1. The van der Waals surface area contributed by atoms with Crippen LogP contribution in [0.15, 0.2) is 42.9 Å². The quantitative estimate of drug-likeness (QED) is 0.465. The zero-order valence-corrected chi connectivity index (χ0v) is 17.8. The minimum Gasteiger partial charge on any atom is -0.482 e. The highest BCUT2D eigenvalue weighted by atomic mass is 35.5. The maximum Gasteiger partial charge on any atom is 0.166 e. The smallest absolute Gasteiger partial charge is 0.166 e. The molecule has 0 saturated heterocycles. The van der Waals surface area contributed by atoms with E-state index in [0.717, 1.165) is 22.4 Å². The lowest BCUT2D eigenvalue weighted by Gasteiger charge is -2.22. The lowest BCUT2D eigenvalue weighted by atomic mass is 9.99. The lowest BCUT2D eigenvalue weighted by Crippen LogP contribution is -2.12. The van der Waals surface area contributed by atoms with Crippen LogP contribution in [0.5, 0.6) is 5.75 Å². The average Bonchev–Trinajstić information content (AvgIpc) is 3.32. The van der Waals surface area contributed by atoms with Gasteiger partial charge in [0.15, 0.2) is 11.6 Å². The second kappa shape index (κ2) is 7.39. The minimum atomic E-state index is -0.514. The molecule has 1 aliphatic heterocycles. The van der Waals surface area contributed by atoms with E-state index >= 15 is 0 Å². The van der Waals surface area contributed by atoms with E-state index in [1.807, 2.05) is 30.8 Å². The van der Waals surface area contributed by atoms with Crippen molar-refractivity contribution < 1.29 is 9.13 Å². The van der Waals surface area contributed by atoms with Crippen molar-refractivity contribution in [2.75, 3.05) is 5.73 Å². The van der Waals surface area contributed by atoms with Gasteiger partial charge in [-0.15, -0.1) is 0 Å². The second-order valence-corrected chi connectivity index (χ2v) is 7.84. The molecule has 0 unspecified atom stereocenters. The van der Waals surface area contributed by atoms with Gasteiger partial charge in [0.1, 0.15) is 11.9 Å². The summed E-state index contributed by atoms with van der Waals surface area (Å²) in [7, 11) is 0. The number of benzene rings is 1. The Balaban J connectivity index is 1.82. The second-order valence-electron chi connectivity index (χ2n) is 7.43. The molecule has 1 aliphatic rings. The highest BCUT2D eigenvalue weighted by Crippen LogP contribution is 2.39. The molecule has 0 aliphatic carbocycles. The molecule has 0 saturated carbocycles. The molecule has 4 aromatic rings. The largest absolute Gasteiger partial charge is 0.482 e. The average molecular weight is 439 g/mol. The van der Waals surface area contributed by atoms with Gasteiger partial charge in [-0.3, -0.25) is 9.36 Å². The van der Waals surface area contributed by atoms with Gasteiger partial charge in [-0.1, -0.05) is 11.6 Å². The number of pyridine rings is 1. The SMILES string of the molecule is CCn1ncc2c1-c1cnc(N)c(c1)O[C@H](C)c1cc(F)ccc1-c1c(Cl)cnn1C2. The van der Waals surface area contributed by atoms with Crippen molar-refractivity contribution in [3.05, 3.63) is 64.8 Å². The molecule has 0 spiro atoms. The summed E-state index contributed by atoms with van der Waals surface area (Å²) >= 11 is 6.54. The van der Waals surface area contributed by atoms with Crippen LogP contribution in [-0.2, 0) is 13.1 Å². The Morgan fingerprint density at radius 2 is 2.03 bits per heavy atom. The van der Waals surface area contributed by atoms with Crippen molar-refractivity contribution in [3.63, 3.8) is 0 Å². The van der Waals surface area contributed by atoms with Gasteiger partial charge in [-0.25, -0.2) is 9.37 Å². The Morgan fingerprint density at radius 3 is 2.84 bits per heavy atom. The van der Waals surface area contributed by atoms with E-state index in [4.69, 9.17) is 22.1 Å². The summed E-state index contributed by atoms with van der Waals surface area (Å²) in [5, 5.41) is 9.49. The zero-order chi connectivity index (χ0) is 21.7.